The third-order valence-electron chi connectivity index (χ3n) is 0.328. The molecule has 0 unspecified atom stereocenters. The van der Waals surface area contributed by atoms with Crippen LogP contribution in [0.25, 0.3) is 0 Å². The van der Waals surface area contributed by atoms with Crippen LogP contribution in [-0.2, 0) is 17.1 Å². The quantitative estimate of drug-likeness (QED) is 0.204. The summed E-state index contributed by atoms with van der Waals surface area (Å²) in [7, 11) is 0. The fourth-order valence-electron chi connectivity index (χ4n) is 0.172. The summed E-state index contributed by atoms with van der Waals surface area (Å²) in [6, 6.07) is -1.37. The monoisotopic (exact) mass is 168 g/mol. The van der Waals surface area contributed by atoms with Gasteiger partial charge in [0.05, 0.1) is 0 Å². The van der Waals surface area contributed by atoms with Gasteiger partial charge in [-0.15, -0.1) is 4.39 Å². The van der Waals surface area contributed by atoms with Crippen molar-refractivity contribution >= 4 is 6.04 Å². The van der Waals surface area contributed by atoms with E-state index in [2.05, 4.69) is 0 Å². The van der Waals surface area contributed by atoms with Crippen LogP contribution in [-0.4, -0.2) is 15.9 Å². The van der Waals surface area contributed by atoms with Gasteiger partial charge in [-0.2, -0.15) is 0 Å². The predicted molar refractivity (Wildman–Crippen MR) is 24.4 cm³/mol. The van der Waals surface area contributed by atoms with Crippen molar-refractivity contribution in [3.8, 4) is 0 Å². The molecule has 0 spiro atoms. The van der Waals surface area contributed by atoms with Crippen molar-refractivity contribution in [2.45, 2.75) is 6.92 Å². The molecule has 0 aliphatic carbocycles. The zero-order valence-electron chi connectivity index (χ0n) is 4.15. The van der Waals surface area contributed by atoms with Gasteiger partial charge in [0.2, 0.25) is 0 Å². The van der Waals surface area contributed by atoms with Crippen molar-refractivity contribution in [2.75, 3.05) is 0 Å². The molecule has 0 atom stereocenters. The number of aliphatic hydroxyl groups excluding tert-OH is 1. The fraction of sp³-hybridized carbons (Fsp3) is 0.250. The molecule has 0 amide bonds. The smallest absolute Gasteiger partial charge is 0.505 e. The van der Waals surface area contributed by atoms with E-state index in [1.807, 2.05) is 0 Å². The molecule has 2 N–H and O–H groups in total. The summed E-state index contributed by atoms with van der Waals surface area (Å²) in [6.07, 6.45) is 0.611. The van der Waals surface area contributed by atoms with Crippen LogP contribution in [0.5, 0.6) is 0 Å². The van der Waals surface area contributed by atoms with Gasteiger partial charge in [0, 0.05) is 17.1 Å². The third kappa shape index (κ3) is 9.18. The Morgan fingerprint density at radius 2 is 2.12 bits per heavy atom. The third-order valence-corrected chi connectivity index (χ3v) is 0.328. The average Bonchev–Trinajstić information content (AvgIpc) is 1.27. The minimum Gasteiger partial charge on any atom is -0.512 e. The molecule has 51 valence electrons. The number of allylic oxidation sites excluding steroid dienone is 2. The second-order valence-corrected chi connectivity index (χ2v) is 1.11. The molecule has 0 saturated heterocycles. The number of carbonyl (C=O) groups excluding carboxylic acids is 1. The molecule has 1 radical (unpaired) electrons. The van der Waals surface area contributed by atoms with E-state index in [4.69, 9.17) is 9.90 Å². The van der Waals surface area contributed by atoms with Crippen molar-refractivity contribution in [1.82, 2.24) is 0 Å². The minimum absolute atomic E-state index is 0. The van der Waals surface area contributed by atoms with Gasteiger partial charge in [-0.1, -0.05) is 0 Å². The van der Waals surface area contributed by atoms with Gasteiger partial charge < -0.3 is 5.11 Å². The van der Waals surface area contributed by atoms with Crippen LogP contribution in [0.4, 0.5) is 4.39 Å². The molecule has 0 aliphatic heterocycles. The van der Waals surface area contributed by atoms with E-state index in [-0.39, 0.29) is 22.8 Å². The van der Waals surface area contributed by atoms with E-state index >= 15 is 0 Å². The number of halogens is 1. The Morgan fingerprint density at radius 3 is 2.12 bits per heavy atom. The Kier molecular flexibility index (Phi) is 6.38. The molecule has 0 aromatic carbocycles. The largest absolute Gasteiger partial charge is 0.512 e. The molecule has 0 rings (SSSR count). The van der Waals surface area contributed by atoms with E-state index in [0.29, 0.717) is 6.08 Å². The Balaban J connectivity index is 0. The first-order valence-corrected chi connectivity index (χ1v) is 1.71. The summed E-state index contributed by atoms with van der Waals surface area (Å²) in [5, 5.41) is 8.16. The van der Waals surface area contributed by atoms with Gasteiger partial charge in [-0.25, -0.2) is 4.79 Å². The van der Waals surface area contributed by atoms with Crippen molar-refractivity contribution in [1.29, 1.82) is 0 Å². The minimum atomic E-state index is -1.37. The maximum Gasteiger partial charge on any atom is 0.505 e. The molecule has 4 heteroatoms. The zero-order valence-corrected chi connectivity index (χ0v) is 5.09. The molecule has 0 bridgehead atoms. The van der Waals surface area contributed by atoms with Gasteiger partial charge in [0.25, 0.3) is 0 Å². The maximum atomic E-state index is 11.2. The van der Waals surface area contributed by atoms with Gasteiger partial charge in [0.1, 0.15) is 11.8 Å². The van der Waals surface area contributed by atoms with E-state index in [1.54, 1.807) is 0 Å². The zero-order chi connectivity index (χ0) is 5.86. The molecule has 2 nitrogen and oxygen atoms in total. The maximum absolute atomic E-state index is 11.2. The molecule has 0 aromatic rings. The van der Waals surface area contributed by atoms with Crippen LogP contribution in [0.3, 0.4) is 0 Å². The van der Waals surface area contributed by atoms with Crippen LogP contribution in [0, 0.1) is 0 Å². The Bertz CT molecular complexity index is 107. The van der Waals surface area contributed by atoms with Gasteiger partial charge in [-0.05, 0) is 6.92 Å². The molecule has 0 aliphatic rings. The van der Waals surface area contributed by atoms with Crippen LogP contribution < -0.4 is 0 Å². The molecule has 0 fully saturated rings. The summed E-state index contributed by atoms with van der Waals surface area (Å²) >= 11 is 0. The summed E-state index contributed by atoms with van der Waals surface area (Å²) in [6.45, 7) is 1.26. The molecule has 8 heavy (non-hydrogen) atoms. The van der Waals surface area contributed by atoms with E-state index in [9.17, 15) is 4.39 Å². The number of hydrogen-bond donors (Lipinski definition) is 1. The topological polar surface area (TPSA) is 41.6 Å². The Labute approximate surface area is 56.9 Å². The second kappa shape index (κ2) is 4.81. The number of hydrogen-bond acceptors (Lipinski definition) is 1. The fourth-order valence-corrected chi connectivity index (χ4v) is 0.172. The van der Waals surface area contributed by atoms with Crippen LogP contribution in [0.1, 0.15) is 6.92 Å². The normalized spacial score (nSPS) is 10.0. The van der Waals surface area contributed by atoms with Crippen LogP contribution in [0.15, 0.2) is 11.8 Å². The first-order valence-electron chi connectivity index (χ1n) is 1.71. The standard InChI is InChI=1S/C4H5FO2.Cu/c1-3(6)2-4(5)7;/h2,6H,1H3;/p+1/b3-2-;. The van der Waals surface area contributed by atoms with Crippen molar-refractivity contribution in [3.63, 3.8) is 0 Å². The molecule has 0 heterocycles. The van der Waals surface area contributed by atoms with Crippen molar-refractivity contribution in [3.05, 3.63) is 11.8 Å². The predicted octanol–water partition coefficient (Wildman–Crippen LogP) is 0.918. The van der Waals surface area contributed by atoms with Crippen molar-refractivity contribution < 1.29 is 31.4 Å². The summed E-state index contributed by atoms with van der Waals surface area (Å²) < 4.78 is 11.2. The SMILES string of the molecule is C/C(O)=C/C(=[OH+])F.[Cu]. The first kappa shape index (κ1) is 10.6. The molecule has 0 aromatic heterocycles. The number of rotatable bonds is 1. The second-order valence-electron chi connectivity index (χ2n) is 1.11. The van der Waals surface area contributed by atoms with E-state index in [1.165, 1.54) is 6.92 Å². The van der Waals surface area contributed by atoms with Gasteiger partial charge in [-0.3, -0.25) is 0 Å². The average molecular weight is 169 g/mol. The summed E-state index contributed by atoms with van der Waals surface area (Å²) in [5.74, 6) is -0.250. The Morgan fingerprint density at radius 1 is 1.75 bits per heavy atom. The van der Waals surface area contributed by atoms with E-state index < -0.39 is 6.04 Å². The Hall–Kier alpha value is -0.341. The van der Waals surface area contributed by atoms with Gasteiger partial charge in [0.15, 0.2) is 0 Å². The molecular formula is C4H6CuFO2+. The molecule has 0 saturated carbocycles. The van der Waals surface area contributed by atoms with Crippen molar-refractivity contribution in [2.24, 2.45) is 0 Å². The summed E-state index contributed by atoms with van der Waals surface area (Å²) in [5.41, 5.74) is 0. The van der Waals surface area contributed by atoms with Crippen LogP contribution in [0.2, 0.25) is 0 Å². The molecular weight excluding hydrogens is 163 g/mol. The van der Waals surface area contributed by atoms with Crippen LogP contribution >= 0.6 is 0 Å². The van der Waals surface area contributed by atoms with E-state index in [0.717, 1.165) is 0 Å². The first-order chi connectivity index (χ1) is 3.13. The number of aliphatic hydroxyl groups is 1. The summed E-state index contributed by atoms with van der Waals surface area (Å²) in [4.78, 5) is 7.74. The van der Waals surface area contributed by atoms with Gasteiger partial charge >= 0.3 is 6.04 Å².